The lowest BCUT2D eigenvalue weighted by molar-refractivity contribution is -0.144. The zero-order valence-electron chi connectivity index (χ0n) is 15.9. The van der Waals surface area contributed by atoms with Crippen LogP contribution in [0.3, 0.4) is 0 Å². The van der Waals surface area contributed by atoms with Crippen LogP contribution < -0.4 is 10.1 Å². The summed E-state index contributed by atoms with van der Waals surface area (Å²) in [6.45, 7) is 1.88. The molecule has 5 nitrogen and oxygen atoms in total. The minimum atomic E-state index is -1.45. The summed E-state index contributed by atoms with van der Waals surface area (Å²) in [6, 6.07) is 8.67. The summed E-state index contributed by atoms with van der Waals surface area (Å²) in [5.74, 6) is -1.03. The molecule has 1 amide bonds. The van der Waals surface area contributed by atoms with E-state index in [0.717, 1.165) is 36.0 Å². The van der Waals surface area contributed by atoms with Crippen LogP contribution in [0.2, 0.25) is 10.0 Å². The van der Waals surface area contributed by atoms with Crippen LogP contribution in [0.1, 0.15) is 46.3 Å². The molecule has 4 rings (SSSR count). The Kier molecular flexibility index (Phi) is 5.21. The van der Waals surface area contributed by atoms with Crippen molar-refractivity contribution >= 4 is 35.1 Å². The number of amides is 1. The Morgan fingerprint density at radius 1 is 1.14 bits per heavy atom. The number of benzene rings is 2. The van der Waals surface area contributed by atoms with Gasteiger partial charge >= 0.3 is 5.97 Å². The highest BCUT2D eigenvalue weighted by molar-refractivity contribution is 6.42. The minimum absolute atomic E-state index is 0.108. The van der Waals surface area contributed by atoms with Gasteiger partial charge in [0.05, 0.1) is 21.7 Å². The molecule has 0 unspecified atom stereocenters. The quantitative estimate of drug-likeness (QED) is 0.722. The maximum Gasteiger partial charge on any atom is 0.330 e. The van der Waals surface area contributed by atoms with Gasteiger partial charge in [-0.2, -0.15) is 0 Å². The highest BCUT2D eigenvalue weighted by Gasteiger charge is 2.46. The van der Waals surface area contributed by atoms with E-state index in [4.69, 9.17) is 27.9 Å². The van der Waals surface area contributed by atoms with Crippen molar-refractivity contribution < 1.29 is 19.4 Å². The molecular formula is C22H21Cl2NO4. The Morgan fingerprint density at radius 2 is 1.76 bits per heavy atom. The van der Waals surface area contributed by atoms with Crippen molar-refractivity contribution in [1.82, 2.24) is 5.32 Å². The molecule has 1 fully saturated rings. The fourth-order valence-electron chi connectivity index (χ4n) is 3.89. The summed E-state index contributed by atoms with van der Waals surface area (Å²) in [4.78, 5) is 25.4. The van der Waals surface area contributed by atoms with E-state index in [1.807, 2.05) is 13.0 Å². The molecule has 2 aromatic carbocycles. The lowest BCUT2D eigenvalue weighted by atomic mass is 9.94. The second-order valence-electron chi connectivity index (χ2n) is 7.85. The zero-order valence-corrected chi connectivity index (χ0v) is 17.4. The predicted octanol–water partition coefficient (Wildman–Crippen LogP) is 4.59. The van der Waals surface area contributed by atoms with Gasteiger partial charge in [0.25, 0.3) is 5.91 Å². The number of aryl methyl sites for hydroxylation is 1. The second-order valence-corrected chi connectivity index (χ2v) is 8.67. The number of carbonyl (C=O) groups is 2. The first-order valence-corrected chi connectivity index (χ1v) is 10.3. The van der Waals surface area contributed by atoms with Gasteiger partial charge in [-0.15, -0.1) is 0 Å². The van der Waals surface area contributed by atoms with Crippen LogP contribution >= 0.6 is 23.2 Å². The Labute approximate surface area is 179 Å². The molecule has 0 aliphatic heterocycles. The lowest BCUT2D eigenvalue weighted by Gasteiger charge is -2.29. The summed E-state index contributed by atoms with van der Waals surface area (Å²) in [7, 11) is 0. The first kappa shape index (κ1) is 20.0. The predicted molar refractivity (Wildman–Crippen MR) is 111 cm³/mol. The third-order valence-corrected chi connectivity index (χ3v) is 6.50. The number of fused-ring (bicyclic) bond motifs is 1. The Bertz CT molecular complexity index is 970. The maximum absolute atomic E-state index is 13.1. The molecule has 2 N–H and O–H groups in total. The molecule has 7 heteroatoms. The maximum atomic E-state index is 13.1. The molecule has 0 atom stereocenters. The van der Waals surface area contributed by atoms with Crippen LogP contribution in [0.4, 0.5) is 0 Å². The molecule has 0 heterocycles. The van der Waals surface area contributed by atoms with Crippen molar-refractivity contribution in [1.29, 1.82) is 0 Å². The van der Waals surface area contributed by atoms with Crippen molar-refractivity contribution in [3.8, 4) is 5.75 Å². The molecule has 0 aromatic heterocycles. The van der Waals surface area contributed by atoms with E-state index < -0.39 is 17.4 Å². The van der Waals surface area contributed by atoms with Crippen LogP contribution in [0, 0.1) is 6.92 Å². The lowest BCUT2D eigenvalue weighted by Crippen LogP contribution is -2.55. The summed E-state index contributed by atoms with van der Waals surface area (Å²) >= 11 is 12.2. The number of carbonyl (C=O) groups excluding carboxylic acids is 1. The van der Waals surface area contributed by atoms with Crippen molar-refractivity contribution in [3.05, 3.63) is 62.6 Å². The molecule has 0 saturated heterocycles. The first-order chi connectivity index (χ1) is 13.8. The highest BCUT2D eigenvalue weighted by Crippen LogP contribution is 2.37. The van der Waals surface area contributed by atoms with Gasteiger partial charge in [-0.05, 0) is 61.1 Å². The number of nitrogens with one attached hydrogen (secondary N) is 1. The number of para-hydroxylation sites is 1. The van der Waals surface area contributed by atoms with Gasteiger partial charge in [-0.1, -0.05) is 35.3 Å². The fourth-order valence-corrected chi connectivity index (χ4v) is 4.26. The molecule has 152 valence electrons. The van der Waals surface area contributed by atoms with Gasteiger partial charge in [0.2, 0.25) is 0 Å². The van der Waals surface area contributed by atoms with Crippen LogP contribution in [0.15, 0.2) is 30.3 Å². The third-order valence-electron chi connectivity index (χ3n) is 5.78. The van der Waals surface area contributed by atoms with Crippen LogP contribution in [0.5, 0.6) is 5.75 Å². The normalized spacial score (nSPS) is 17.3. The summed E-state index contributed by atoms with van der Waals surface area (Å²) in [5.41, 5.74) is 1.30. The molecule has 1 saturated carbocycles. The first-order valence-electron chi connectivity index (χ1n) is 9.58. The van der Waals surface area contributed by atoms with Crippen molar-refractivity contribution in [2.24, 2.45) is 0 Å². The van der Waals surface area contributed by atoms with Crippen molar-refractivity contribution in [2.75, 3.05) is 0 Å². The van der Waals surface area contributed by atoms with E-state index in [9.17, 15) is 14.7 Å². The van der Waals surface area contributed by atoms with Gasteiger partial charge in [-0.3, -0.25) is 4.79 Å². The highest BCUT2D eigenvalue weighted by atomic mass is 35.5. The van der Waals surface area contributed by atoms with E-state index in [-0.39, 0.29) is 18.9 Å². The number of carboxylic acid groups (broad SMARTS) is 1. The number of hydrogen-bond donors (Lipinski definition) is 2. The second kappa shape index (κ2) is 7.54. The van der Waals surface area contributed by atoms with Crippen molar-refractivity contribution in [2.45, 2.75) is 50.7 Å². The molecular weight excluding hydrogens is 413 g/mol. The van der Waals surface area contributed by atoms with E-state index in [2.05, 4.69) is 5.32 Å². The average molecular weight is 434 g/mol. The van der Waals surface area contributed by atoms with Gasteiger partial charge in [0.1, 0.15) is 11.3 Å². The number of ether oxygens (including phenoxy) is 1. The van der Waals surface area contributed by atoms with E-state index in [0.29, 0.717) is 21.4 Å². The summed E-state index contributed by atoms with van der Waals surface area (Å²) < 4.78 is 6.04. The standard InChI is InChI=1S/C22H21Cl2NO4/c1-12-4-2-7-16(19(12)29-15-5-3-6-15)20(26)25-22(21(27)28)10-13-8-17(23)18(24)9-14(13)11-22/h2,4,7-9,15H,3,5-6,10-11H2,1H3,(H,25,26)(H,27,28). The van der Waals surface area contributed by atoms with Gasteiger partial charge in [-0.25, -0.2) is 4.79 Å². The average Bonchev–Trinajstić information content (AvgIpc) is 2.97. The molecule has 2 aromatic rings. The Morgan fingerprint density at radius 3 is 2.28 bits per heavy atom. The van der Waals surface area contributed by atoms with Gasteiger partial charge < -0.3 is 15.2 Å². The Balaban J connectivity index is 1.63. The summed E-state index contributed by atoms with van der Waals surface area (Å²) in [5, 5.41) is 13.5. The number of halogens is 2. The van der Waals surface area contributed by atoms with Gasteiger partial charge in [0, 0.05) is 12.8 Å². The van der Waals surface area contributed by atoms with E-state index >= 15 is 0 Å². The van der Waals surface area contributed by atoms with Crippen LogP contribution in [-0.2, 0) is 17.6 Å². The SMILES string of the molecule is Cc1cccc(C(=O)NC2(C(=O)O)Cc3cc(Cl)c(Cl)cc3C2)c1OC1CCC1. The molecule has 0 spiro atoms. The smallest absolute Gasteiger partial charge is 0.330 e. The summed E-state index contributed by atoms with van der Waals surface area (Å²) in [6.07, 6.45) is 3.44. The molecule has 0 radical (unpaired) electrons. The molecule has 2 aliphatic carbocycles. The van der Waals surface area contributed by atoms with E-state index in [1.54, 1.807) is 24.3 Å². The van der Waals surface area contributed by atoms with E-state index in [1.165, 1.54) is 0 Å². The van der Waals surface area contributed by atoms with Gasteiger partial charge in [0.15, 0.2) is 0 Å². The molecule has 29 heavy (non-hydrogen) atoms. The Hall–Kier alpha value is -2.24. The van der Waals surface area contributed by atoms with Crippen LogP contribution in [0.25, 0.3) is 0 Å². The largest absolute Gasteiger partial charge is 0.489 e. The number of rotatable bonds is 5. The topological polar surface area (TPSA) is 75.6 Å². The number of carboxylic acids is 1. The third kappa shape index (κ3) is 3.69. The minimum Gasteiger partial charge on any atom is -0.489 e. The molecule has 0 bridgehead atoms. The number of hydrogen-bond acceptors (Lipinski definition) is 3. The van der Waals surface area contributed by atoms with Crippen molar-refractivity contribution in [3.63, 3.8) is 0 Å². The molecule has 2 aliphatic rings. The zero-order chi connectivity index (χ0) is 20.8. The fraction of sp³-hybridized carbons (Fsp3) is 0.364. The monoisotopic (exact) mass is 433 g/mol. The number of aliphatic carboxylic acids is 1. The van der Waals surface area contributed by atoms with Crippen LogP contribution in [-0.4, -0.2) is 28.6 Å².